The molecule has 0 unspecified atom stereocenters. The van der Waals surface area contributed by atoms with Crippen LogP contribution in [-0.2, 0) is 4.74 Å². The number of piperidine rings is 1. The van der Waals surface area contributed by atoms with E-state index in [0.717, 1.165) is 6.54 Å². The van der Waals surface area contributed by atoms with Crippen molar-refractivity contribution in [2.24, 2.45) is 0 Å². The molecule has 21 heavy (non-hydrogen) atoms. The van der Waals surface area contributed by atoms with Crippen LogP contribution in [0.4, 0.5) is 0 Å². The Balaban J connectivity index is 1.95. The van der Waals surface area contributed by atoms with Crippen molar-refractivity contribution in [1.29, 1.82) is 0 Å². The van der Waals surface area contributed by atoms with E-state index >= 15 is 0 Å². The highest BCUT2D eigenvalue weighted by molar-refractivity contribution is 5.05. The minimum absolute atomic E-state index is 0.364. The lowest BCUT2D eigenvalue weighted by Crippen LogP contribution is -2.59. The van der Waals surface area contributed by atoms with Crippen LogP contribution in [0.5, 0.6) is 0 Å². The predicted octanol–water partition coefficient (Wildman–Crippen LogP) is -0.758. The average Bonchev–Trinajstić information content (AvgIpc) is 2.34. The third-order valence-corrected chi connectivity index (χ3v) is 4.65. The first-order chi connectivity index (χ1) is 9.88. The highest BCUT2D eigenvalue weighted by Gasteiger charge is 2.42. The minimum Gasteiger partial charge on any atom is -0.388 e. The van der Waals surface area contributed by atoms with E-state index in [1.807, 2.05) is 0 Å². The first kappa shape index (κ1) is 14.5. The number of nitrogens with one attached hydrogen (secondary N) is 1. The fourth-order valence-electron chi connectivity index (χ4n) is 3.02. The number of likely N-dealkylation sites (tertiary alicyclic amines) is 1. The predicted molar refractivity (Wildman–Crippen MR) is 76.5 cm³/mol. The number of hydrogen-bond donors (Lipinski definition) is 2. The summed E-state index contributed by atoms with van der Waals surface area (Å²) in [5.74, 6) is 0. The first-order valence-electron chi connectivity index (χ1n) is 7.25. The number of nitrogens with zero attached hydrogens (tertiary/aromatic N) is 2. The lowest BCUT2D eigenvalue weighted by atomic mass is 9.87. The van der Waals surface area contributed by atoms with E-state index in [4.69, 9.17) is 4.74 Å². The summed E-state index contributed by atoms with van der Waals surface area (Å²) >= 11 is 0. The summed E-state index contributed by atoms with van der Waals surface area (Å²) in [5, 5.41) is 10.7. The lowest BCUT2D eigenvalue weighted by Gasteiger charge is -2.47. The molecule has 0 bridgehead atoms. The molecule has 116 valence electrons. The van der Waals surface area contributed by atoms with Crippen LogP contribution in [-0.4, -0.2) is 57.5 Å². The van der Waals surface area contributed by atoms with Gasteiger partial charge in [-0.25, -0.2) is 4.79 Å². The fraction of sp³-hybridized carbons (Fsp3) is 0.714. The fourth-order valence-corrected chi connectivity index (χ4v) is 3.02. The Bertz CT molecular complexity index is 644. The maximum absolute atomic E-state index is 12.1. The van der Waals surface area contributed by atoms with Crippen molar-refractivity contribution >= 4 is 0 Å². The van der Waals surface area contributed by atoms with Crippen molar-refractivity contribution in [3.63, 3.8) is 0 Å². The first-order valence-corrected chi connectivity index (χ1v) is 7.25. The molecule has 1 aromatic rings. The van der Waals surface area contributed by atoms with Gasteiger partial charge in [-0.1, -0.05) is 0 Å². The number of H-pyrrole nitrogens is 1. The molecular weight excluding hydrogens is 274 g/mol. The Morgan fingerprint density at radius 2 is 2.14 bits per heavy atom. The molecule has 2 aliphatic rings. The summed E-state index contributed by atoms with van der Waals surface area (Å²) in [5.41, 5.74) is -1.36. The number of rotatable bonds is 2. The number of aromatic amines is 1. The lowest BCUT2D eigenvalue weighted by molar-refractivity contribution is -0.114. The number of aliphatic hydroxyl groups is 1. The van der Waals surface area contributed by atoms with Crippen molar-refractivity contribution in [3.05, 3.63) is 32.6 Å². The summed E-state index contributed by atoms with van der Waals surface area (Å²) in [4.78, 5) is 28.2. The molecule has 3 rings (SSSR count). The molecule has 2 atom stereocenters. The van der Waals surface area contributed by atoms with Gasteiger partial charge in [-0.15, -0.1) is 0 Å². The molecule has 7 nitrogen and oxygen atoms in total. The second kappa shape index (κ2) is 5.08. The smallest absolute Gasteiger partial charge is 0.328 e. The molecule has 2 N–H and O–H groups in total. The van der Waals surface area contributed by atoms with E-state index in [1.165, 1.54) is 4.57 Å². The van der Waals surface area contributed by atoms with Crippen LogP contribution in [0.15, 0.2) is 15.8 Å². The molecule has 0 amide bonds. The summed E-state index contributed by atoms with van der Waals surface area (Å²) in [6.07, 6.45) is 2.12. The van der Waals surface area contributed by atoms with Crippen LogP contribution in [0.25, 0.3) is 0 Å². The van der Waals surface area contributed by atoms with Crippen molar-refractivity contribution in [1.82, 2.24) is 14.5 Å². The molecule has 2 aliphatic heterocycles. The molecule has 1 aromatic heterocycles. The van der Waals surface area contributed by atoms with Gasteiger partial charge in [0.1, 0.15) is 0 Å². The molecular formula is C14H21N3O4. The van der Waals surface area contributed by atoms with E-state index in [-0.39, 0.29) is 11.6 Å². The van der Waals surface area contributed by atoms with Crippen LogP contribution in [0.2, 0.25) is 0 Å². The molecule has 0 radical (unpaired) electrons. The monoisotopic (exact) mass is 295 g/mol. The zero-order valence-corrected chi connectivity index (χ0v) is 12.3. The Morgan fingerprint density at radius 1 is 1.43 bits per heavy atom. The Labute approximate surface area is 122 Å². The third-order valence-electron chi connectivity index (χ3n) is 4.65. The Morgan fingerprint density at radius 3 is 2.76 bits per heavy atom. The quantitative estimate of drug-likeness (QED) is 0.749. The Hall–Kier alpha value is -1.44. The second-order valence-electron chi connectivity index (χ2n) is 6.29. The van der Waals surface area contributed by atoms with Crippen LogP contribution in [0.3, 0.4) is 0 Å². The van der Waals surface area contributed by atoms with Crippen LogP contribution < -0.4 is 11.2 Å². The number of aromatic nitrogens is 2. The maximum atomic E-state index is 12.1. The number of hydrogen-bond acceptors (Lipinski definition) is 5. The largest absolute Gasteiger partial charge is 0.388 e. The van der Waals surface area contributed by atoms with Crippen LogP contribution in [0, 0.1) is 6.92 Å². The topological polar surface area (TPSA) is 87.6 Å². The standard InChI is InChI=1S/C14H21N3O4/c1-9-5-17(13(19)15-12(9)18)11-6-16(10-7-21-8-10)4-3-14(11,2)20/h5,10-11,20H,3-4,6-8H2,1-2H3,(H,15,18,19)/t11-,14-/m1/s1. The summed E-state index contributed by atoms with van der Waals surface area (Å²) in [7, 11) is 0. The maximum Gasteiger partial charge on any atom is 0.328 e. The van der Waals surface area contributed by atoms with Gasteiger partial charge in [-0.2, -0.15) is 0 Å². The summed E-state index contributed by atoms with van der Waals surface area (Å²) < 4.78 is 6.68. The minimum atomic E-state index is -0.977. The van der Waals surface area contributed by atoms with Gasteiger partial charge in [-0.05, 0) is 20.3 Å². The van der Waals surface area contributed by atoms with E-state index in [1.54, 1.807) is 20.0 Å². The van der Waals surface area contributed by atoms with E-state index in [2.05, 4.69) is 9.88 Å². The van der Waals surface area contributed by atoms with Gasteiger partial charge in [0.2, 0.25) is 0 Å². The highest BCUT2D eigenvalue weighted by atomic mass is 16.5. The van der Waals surface area contributed by atoms with Gasteiger partial charge in [-0.3, -0.25) is 19.2 Å². The molecule has 2 saturated heterocycles. The third kappa shape index (κ3) is 2.56. The van der Waals surface area contributed by atoms with Gasteiger partial charge in [0.25, 0.3) is 5.56 Å². The Kier molecular flexibility index (Phi) is 3.51. The van der Waals surface area contributed by atoms with Crippen LogP contribution >= 0.6 is 0 Å². The van der Waals surface area contributed by atoms with Crippen molar-refractivity contribution < 1.29 is 9.84 Å². The summed E-state index contributed by atoms with van der Waals surface area (Å²) in [6.45, 7) is 6.17. The molecule has 7 heteroatoms. The van der Waals surface area contributed by atoms with Gasteiger partial charge >= 0.3 is 5.69 Å². The SMILES string of the molecule is Cc1cn([C@@H]2CN(C3COC3)CC[C@@]2(C)O)c(=O)[nH]c1=O. The molecule has 0 saturated carbocycles. The van der Waals surface area contributed by atoms with Gasteiger partial charge in [0.15, 0.2) is 0 Å². The van der Waals surface area contributed by atoms with Gasteiger partial charge in [0.05, 0.1) is 30.9 Å². The highest BCUT2D eigenvalue weighted by Crippen LogP contribution is 2.32. The second-order valence-corrected chi connectivity index (χ2v) is 6.29. The molecule has 0 spiro atoms. The zero-order chi connectivity index (χ0) is 15.2. The molecule has 3 heterocycles. The van der Waals surface area contributed by atoms with Crippen molar-refractivity contribution in [2.45, 2.75) is 38.0 Å². The number of aryl methyl sites for hydroxylation is 1. The summed E-state index contributed by atoms with van der Waals surface area (Å²) in [6, 6.07) is -0.0157. The van der Waals surface area contributed by atoms with Gasteiger partial charge < -0.3 is 9.84 Å². The van der Waals surface area contributed by atoms with E-state index in [0.29, 0.717) is 37.8 Å². The van der Waals surface area contributed by atoms with E-state index in [9.17, 15) is 14.7 Å². The molecule has 0 aliphatic carbocycles. The number of ether oxygens (including phenoxy) is 1. The molecule has 2 fully saturated rings. The normalized spacial score (nSPS) is 31.1. The van der Waals surface area contributed by atoms with E-state index < -0.39 is 11.3 Å². The van der Waals surface area contributed by atoms with Crippen molar-refractivity contribution in [2.75, 3.05) is 26.3 Å². The van der Waals surface area contributed by atoms with Crippen LogP contribution in [0.1, 0.15) is 24.9 Å². The average molecular weight is 295 g/mol. The van der Waals surface area contributed by atoms with Crippen molar-refractivity contribution in [3.8, 4) is 0 Å². The molecule has 0 aromatic carbocycles. The van der Waals surface area contributed by atoms with Gasteiger partial charge in [0, 0.05) is 24.8 Å². The zero-order valence-electron chi connectivity index (χ0n) is 12.3.